The normalized spacial score (nSPS) is 17.7. The van der Waals surface area contributed by atoms with Crippen LogP contribution >= 0.6 is 0 Å². The Morgan fingerprint density at radius 3 is 2.33 bits per heavy atom. The second-order valence-corrected chi connectivity index (χ2v) is 9.31. The minimum atomic E-state index is -1.19. The fourth-order valence-electron chi connectivity index (χ4n) is 4.11. The van der Waals surface area contributed by atoms with E-state index in [2.05, 4.69) is 31.2 Å². The molecule has 1 aliphatic rings. The Kier molecular flexibility index (Phi) is 9.57. The molecular weight excluding hydrogens is 464 g/mol. The van der Waals surface area contributed by atoms with E-state index in [-0.39, 0.29) is 30.7 Å². The first kappa shape index (κ1) is 26.9. The van der Waals surface area contributed by atoms with Crippen LogP contribution in [0.4, 0.5) is 0 Å². The standard InChI is InChI=1S/C25H34N6O5/c1-15(2)21(31-22(32)18-9-6-10-27-18)24(34)29-19(12-17-13-26-14-28-17)23(33)30-20(25(35)36)11-16-7-4-3-5-8-16/h3-5,7-8,13-15,18-21,27H,6,9-12H2,1-2H3,(H,26,28)(H,29,34)(H,30,33)(H,31,32)(H,35,36). The third-order valence-electron chi connectivity index (χ3n) is 6.13. The van der Waals surface area contributed by atoms with Gasteiger partial charge in [0.1, 0.15) is 18.1 Å². The van der Waals surface area contributed by atoms with E-state index in [1.807, 2.05) is 6.07 Å². The lowest BCUT2D eigenvalue weighted by atomic mass is 10.0. The van der Waals surface area contributed by atoms with Crippen molar-refractivity contribution in [1.29, 1.82) is 0 Å². The van der Waals surface area contributed by atoms with Gasteiger partial charge in [0.2, 0.25) is 17.7 Å². The molecule has 6 N–H and O–H groups in total. The lowest BCUT2D eigenvalue weighted by Gasteiger charge is -2.27. The number of benzene rings is 1. The summed E-state index contributed by atoms with van der Waals surface area (Å²) >= 11 is 0. The van der Waals surface area contributed by atoms with Gasteiger partial charge in [-0.05, 0) is 30.9 Å². The van der Waals surface area contributed by atoms with E-state index in [1.165, 1.54) is 12.5 Å². The Morgan fingerprint density at radius 2 is 1.75 bits per heavy atom. The van der Waals surface area contributed by atoms with E-state index in [9.17, 15) is 24.3 Å². The molecule has 4 unspecified atom stereocenters. The molecule has 1 saturated heterocycles. The highest BCUT2D eigenvalue weighted by Crippen LogP contribution is 2.10. The molecule has 0 bridgehead atoms. The third-order valence-corrected chi connectivity index (χ3v) is 6.13. The minimum absolute atomic E-state index is 0.0677. The van der Waals surface area contributed by atoms with Crippen LogP contribution in [0.25, 0.3) is 0 Å². The quantitative estimate of drug-likeness (QED) is 0.242. The van der Waals surface area contributed by atoms with Gasteiger partial charge in [-0.1, -0.05) is 44.2 Å². The van der Waals surface area contributed by atoms with Crippen molar-refractivity contribution in [3.63, 3.8) is 0 Å². The lowest BCUT2D eigenvalue weighted by molar-refractivity contribution is -0.142. The van der Waals surface area contributed by atoms with Crippen LogP contribution in [0.1, 0.15) is 37.9 Å². The fourth-order valence-corrected chi connectivity index (χ4v) is 4.11. The number of hydrogen-bond acceptors (Lipinski definition) is 6. The number of H-pyrrole nitrogens is 1. The van der Waals surface area contributed by atoms with Crippen molar-refractivity contribution in [2.45, 2.75) is 63.7 Å². The molecule has 3 amide bonds. The predicted octanol–water partition coefficient (Wildman–Crippen LogP) is 0.142. The molecule has 1 aliphatic heterocycles. The number of imidazole rings is 1. The average Bonchev–Trinajstić information content (AvgIpc) is 3.56. The van der Waals surface area contributed by atoms with Crippen LogP contribution in [0.2, 0.25) is 0 Å². The van der Waals surface area contributed by atoms with Crippen molar-refractivity contribution in [3.8, 4) is 0 Å². The van der Waals surface area contributed by atoms with Crippen LogP contribution in [-0.4, -0.2) is 69.5 Å². The Balaban J connectivity index is 1.72. The first-order valence-corrected chi connectivity index (χ1v) is 12.1. The molecular formula is C25H34N6O5. The fraction of sp³-hybridized carbons (Fsp3) is 0.480. The number of hydrogen-bond donors (Lipinski definition) is 6. The third kappa shape index (κ3) is 7.64. The SMILES string of the molecule is CC(C)C(NC(=O)C1CCCN1)C(=O)NC(Cc1cnc[nH]1)C(=O)NC(Cc1ccccc1)C(=O)O. The first-order valence-electron chi connectivity index (χ1n) is 12.1. The summed E-state index contributed by atoms with van der Waals surface area (Å²) in [6.07, 6.45) is 4.72. The number of aromatic nitrogens is 2. The van der Waals surface area contributed by atoms with Gasteiger partial charge in [0.15, 0.2) is 0 Å². The van der Waals surface area contributed by atoms with Crippen LogP contribution < -0.4 is 21.3 Å². The molecule has 0 radical (unpaired) electrons. The van der Waals surface area contributed by atoms with Crippen molar-refractivity contribution >= 4 is 23.7 Å². The second-order valence-electron chi connectivity index (χ2n) is 9.31. The summed E-state index contributed by atoms with van der Waals surface area (Å²) in [7, 11) is 0. The highest BCUT2D eigenvalue weighted by Gasteiger charge is 2.33. The molecule has 11 nitrogen and oxygen atoms in total. The molecule has 3 rings (SSSR count). The van der Waals surface area contributed by atoms with Crippen LogP contribution in [0.5, 0.6) is 0 Å². The van der Waals surface area contributed by atoms with Gasteiger partial charge in [-0.2, -0.15) is 0 Å². The van der Waals surface area contributed by atoms with Gasteiger partial charge in [0, 0.05) is 24.7 Å². The highest BCUT2D eigenvalue weighted by molar-refractivity contribution is 5.94. The van der Waals surface area contributed by atoms with Gasteiger partial charge in [-0.3, -0.25) is 14.4 Å². The number of aromatic amines is 1. The molecule has 36 heavy (non-hydrogen) atoms. The van der Waals surface area contributed by atoms with E-state index in [0.717, 1.165) is 18.5 Å². The van der Waals surface area contributed by atoms with Crippen molar-refractivity contribution in [2.75, 3.05) is 6.54 Å². The number of nitrogens with zero attached hydrogens (tertiary/aromatic N) is 1. The molecule has 0 saturated carbocycles. The van der Waals surface area contributed by atoms with E-state index < -0.39 is 35.9 Å². The molecule has 2 aromatic rings. The van der Waals surface area contributed by atoms with Crippen molar-refractivity contribution in [2.24, 2.45) is 5.92 Å². The molecule has 1 aromatic heterocycles. The molecule has 0 aliphatic carbocycles. The van der Waals surface area contributed by atoms with Crippen LogP contribution in [0, 0.1) is 5.92 Å². The first-order chi connectivity index (χ1) is 17.2. The van der Waals surface area contributed by atoms with Gasteiger partial charge in [-0.25, -0.2) is 9.78 Å². The summed E-state index contributed by atoms with van der Waals surface area (Å²) in [5.41, 5.74) is 1.34. The smallest absolute Gasteiger partial charge is 0.326 e. The van der Waals surface area contributed by atoms with E-state index in [4.69, 9.17) is 0 Å². The Bertz CT molecular complexity index is 1020. The summed E-state index contributed by atoms with van der Waals surface area (Å²) in [6.45, 7) is 4.35. The monoisotopic (exact) mass is 498 g/mol. The van der Waals surface area contributed by atoms with Crippen LogP contribution in [0.15, 0.2) is 42.9 Å². The van der Waals surface area contributed by atoms with Gasteiger partial charge < -0.3 is 31.4 Å². The number of amides is 3. The van der Waals surface area contributed by atoms with E-state index in [1.54, 1.807) is 38.1 Å². The zero-order valence-corrected chi connectivity index (χ0v) is 20.5. The lowest BCUT2D eigenvalue weighted by Crippen LogP contribution is -2.59. The number of carbonyl (C=O) groups excluding carboxylic acids is 3. The maximum absolute atomic E-state index is 13.2. The number of rotatable bonds is 12. The zero-order chi connectivity index (χ0) is 26.1. The minimum Gasteiger partial charge on any atom is -0.480 e. The zero-order valence-electron chi connectivity index (χ0n) is 20.5. The molecule has 194 valence electrons. The predicted molar refractivity (Wildman–Crippen MR) is 132 cm³/mol. The van der Waals surface area contributed by atoms with Gasteiger partial charge in [0.05, 0.1) is 12.4 Å². The van der Waals surface area contributed by atoms with Gasteiger partial charge >= 0.3 is 5.97 Å². The Morgan fingerprint density at radius 1 is 1.03 bits per heavy atom. The topological polar surface area (TPSA) is 165 Å². The number of nitrogens with one attached hydrogen (secondary N) is 5. The maximum Gasteiger partial charge on any atom is 0.326 e. The summed E-state index contributed by atoms with van der Waals surface area (Å²) in [4.78, 5) is 57.8. The van der Waals surface area contributed by atoms with Crippen molar-refractivity contribution < 1.29 is 24.3 Å². The van der Waals surface area contributed by atoms with Gasteiger partial charge in [0.25, 0.3) is 0 Å². The molecule has 1 fully saturated rings. The molecule has 2 heterocycles. The number of aliphatic carboxylic acids is 1. The molecule has 11 heteroatoms. The van der Waals surface area contributed by atoms with E-state index >= 15 is 0 Å². The summed E-state index contributed by atoms with van der Waals surface area (Å²) < 4.78 is 0. The number of carboxylic acid groups (broad SMARTS) is 1. The summed E-state index contributed by atoms with van der Waals surface area (Å²) in [6, 6.07) is 5.47. The second kappa shape index (κ2) is 12.8. The van der Waals surface area contributed by atoms with Crippen LogP contribution in [-0.2, 0) is 32.0 Å². The van der Waals surface area contributed by atoms with Crippen molar-refractivity contribution in [3.05, 3.63) is 54.1 Å². The molecule has 4 atom stereocenters. The number of carbonyl (C=O) groups is 4. The number of carboxylic acids is 1. The van der Waals surface area contributed by atoms with Crippen molar-refractivity contribution in [1.82, 2.24) is 31.2 Å². The van der Waals surface area contributed by atoms with Gasteiger partial charge in [-0.15, -0.1) is 0 Å². The van der Waals surface area contributed by atoms with Crippen LogP contribution in [0.3, 0.4) is 0 Å². The molecule has 1 aromatic carbocycles. The summed E-state index contributed by atoms with van der Waals surface area (Å²) in [5.74, 6) is -2.85. The molecule has 0 spiro atoms. The maximum atomic E-state index is 13.2. The van der Waals surface area contributed by atoms with E-state index in [0.29, 0.717) is 12.1 Å². The Hall–Kier alpha value is -3.73. The highest BCUT2D eigenvalue weighted by atomic mass is 16.4. The Labute approximate surface area is 209 Å². The largest absolute Gasteiger partial charge is 0.480 e. The average molecular weight is 499 g/mol. The summed E-state index contributed by atoms with van der Waals surface area (Å²) in [5, 5.41) is 20.9.